The maximum absolute atomic E-state index is 13.2. The highest BCUT2D eigenvalue weighted by Gasteiger charge is 2.39. The summed E-state index contributed by atoms with van der Waals surface area (Å²) < 4.78 is 13.2. The van der Waals surface area contributed by atoms with Gasteiger partial charge in [0.25, 0.3) is 0 Å². The third kappa shape index (κ3) is 3.15. The van der Waals surface area contributed by atoms with Gasteiger partial charge in [-0.15, -0.1) is 0 Å². The van der Waals surface area contributed by atoms with Crippen LogP contribution in [0.1, 0.15) is 43.7 Å². The third-order valence-electron chi connectivity index (χ3n) is 4.85. The topological polar surface area (TPSA) is 20.3 Å². The van der Waals surface area contributed by atoms with E-state index in [1.807, 2.05) is 12.1 Å². The molecule has 0 N–H and O–H groups in total. The van der Waals surface area contributed by atoms with Crippen LogP contribution in [-0.4, -0.2) is 22.7 Å². The molecule has 0 aromatic heterocycles. The molecule has 1 saturated heterocycles. The SMILES string of the molecule is O=C1CC(CBr)CN1C(c1ccc(F)cc1)C1CCCC1. The lowest BCUT2D eigenvalue weighted by molar-refractivity contribution is -0.130. The molecule has 1 heterocycles. The monoisotopic (exact) mass is 353 g/mol. The quantitative estimate of drug-likeness (QED) is 0.739. The van der Waals surface area contributed by atoms with Crippen molar-refractivity contribution in [2.75, 3.05) is 11.9 Å². The highest BCUT2D eigenvalue weighted by molar-refractivity contribution is 9.09. The van der Waals surface area contributed by atoms with Gasteiger partial charge in [-0.25, -0.2) is 4.39 Å². The summed E-state index contributed by atoms with van der Waals surface area (Å²) in [6.45, 7) is 0.822. The minimum absolute atomic E-state index is 0.129. The van der Waals surface area contributed by atoms with Gasteiger partial charge in [0.2, 0.25) is 5.91 Å². The van der Waals surface area contributed by atoms with Crippen LogP contribution in [0.3, 0.4) is 0 Å². The Morgan fingerprint density at radius 2 is 1.90 bits per heavy atom. The summed E-state index contributed by atoms with van der Waals surface area (Å²) in [6, 6.07) is 6.87. The molecule has 1 saturated carbocycles. The molecule has 1 aliphatic heterocycles. The molecule has 114 valence electrons. The van der Waals surface area contributed by atoms with Gasteiger partial charge in [-0.05, 0) is 42.4 Å². The highest BCUT2D eigenvalue weighted by atomic mass is 79.9. The van der Waals surface area contributed by atoms with Gasteiger partial charge in [0.15, 0.2) is 0 Å². The molecule has 2 unspecified atom stereocenters. The summed E-state index contributed by atoms with van der Waals surface area (Å²) in [7, 11) is 0. The summed E-state index contributed by atoms with van der Waals surface area (Å²) >= 11 is 3.50. The number of likely N-dealkylation sites (tertiary alicyclic amines) is 1. The van der Waals surface area contributed by atoms with Crippen LogP contribution in [0, 0.1) is 17.7 Å². The number of carbonyl (C=O) groups is 1. The fraction of sp³-hybridized carbons (Fsp3) is 0.588. The molecule has 0 bridgehead atoms. The number of amides is 1. The number of benzene rings is 1. The van der Waals surface area contributed by atoms with Gasteiger partial charge in [0, 0.05) is 18.3 Å². The van der Waals surface area contributed by atoms with Crippen LogP contribution in [-0.2, 0) is 4.79 Å². The van der Waals surface area contributed by atoms with E-state index < -0.39 is 0 Å². The van der Waals surface area contributed by atoms with E-state index >= 15 is 0 Å². The minimum atomic E-state index is -0.213. The summed E-state index contributed by atoms with van der Waals surface area (Å²) in [5.41, 5.74) is 1.09. The number of rotatable bonds is 4. The fourth-order valence-electron chi connectivity index (χ4n) is 3.82. The highest BCUT2D eigenvalue weighted by Crippen LogP contribution is 2.42. The molecular formula is C17H21BrFNO. The third-order valence-corrected chi connectivity index (χ3v) is 5.77. The van der Waals surface area contributed by atoms with E-state index in [9.17, 15) is 9.18 Å². The number of carbonyl (C=O) groups excluding carboxylic acids is 1. The number of nitrogens with zero attached hydrogens (tertiary/aromatic N) is 1. The van der Waals surface area contributed by atoms with Crippen molar-refractivity contribution in [1.82, 2.24) is 4.90 Å². The maximum Gasteiger partial charge on any atom is 0.223 e. The second-order valence-corrected chi connectivity index (χ2v) is 6.96. The number of hydrogen-bond donors (Lipinski definition) is 0. The van der Waals surface area contributed by atoms with Crippen molar-refractivity contribution in [3.8, 4) is 0 Å². The molecule has 1 aromatic rings. The zero-order valence-electron chi connectivity index (χ0n) is 12.1. The molecule has 1 aromatic carbocycles. The van der Waals surface area contributed by atoms with Crippen molar-refractivity contribution in [3.05, 3.63) is 35.6 Å². The number of alkyl halides is 1. The van der Waals surface area contributed by atoms with Gasteiger partial charge >= 0.3 is 0 Å². The largest absolute Gasteiger partial charge is 0.335 e. The first-order valence-corrected chi connectivity index (χ1v) is 8.92. The number of hydrogen-bond acceptors (Lipinski definition) is 1. The lowest BCUT2D eigenvalue weighted by Gasteiger charge is -2.33. The first-order chi connectivity index (χ1) is 10.2. The number of halogens is 2. The maximum atomic E-state index is 13.2. The van der Waals surface area contributed by atoms with Crippen molar-refractivity contribution in [2.45, 2.75) is 38.1 Å². The Morgan fingerprint density at radius 3 is 2.48 bits per heavy atom. The Kier molecular flexibility index (Phi) is 4.63. The van der Waals surface area contributed by atoms with Crippen LogP contribution in [0.2, 0.25) is 0 Å². The second kappa shape index (κ2) is 6.47. The Morgan fingerprint density at radius 1 is 1.24 bits per heavy atom. The van der Waals surface area contributed by atoms with Gasteiger partial charge < -0.3 is 4.90 Å². The molecule has 3 rings (SSSR count). The molecule has 2 nitrogen and oxygen atoms in total. The summed E-state index contributed by atoms with van der Waals surface area (Å²) in [4.78, 5) is 14.5. The standard InChI is InChI=1S/C17H21BrFNO/c18-10-12-9-16(21)20(11-12)17(13-3-1-2-4-13)14-5-7-15(19)8-6-14/h5-8,12-13,17H,1-4,9-11H2. The van der Waals surface area contributed by atoms with Crippen molar-refractivity contribution in [2.24, 2.45) is 11.8 Å². The van der Waals surface area contributed by atoms with Crippen LogP contribution >= 0.6 is 15.9 Å². The molecule has 0 radical (unpaired) electrons. The predicted octanol–water partition coefficient (Wildman–Crippen LogP) is 4.30. The van der Waals surface area contributed by atoms with Crippen LogP contribution in [0.25, 0.3) is 0 Å². The Hall–Kier alpha value is -0.900. The molecule has 0 spiro atoms. The van der Waals surface area contributed by atoms with E-state index in [4.69, 9.17) is 0 Å². The van der Waals surface area contributed by atoms with E-state index in [0.717, 1.165) is 17.4 Å². The van der Waals surface area contributed by atoms with Crippen molar-refractivity contribution in [3.63, 3.8) is 0 Å². The van der Waals surface area contributed by atoms with Gasteiger partial charge in [-0.1, -0.05) is 40.9 Å². The Bertz CT molecular complexity index is 498. The second-order valence-electron chi connectivity index (χ2n) is 6.31. The summed E-state index contributed by atoms with van der Waals surface area (Å²) in [5.74, 6) is 0.964. The Labute approximate surface area is 133 Å². The van der Waals surface area contributed by atoms with E-state index in [0.29, 0.717) is 18.3 Å². The molecule has 2 atom stereocenters. The fourth-order valence-corrected chi connectivity index (χ4v) is 4.25. The molecule has 2 aliphatic rings. The van der Waals surface area contributed by atoms with Crippen molar-refractivity contribution < 1.29 is 9.18 Å². The van der Waals surface area contributed by atoms with Crippen LogP contribution in [0.4, 0.5) is 4.39 Å². The smallest absolute Gasteiger partial charge is 0.223 e. The molecule has 2 fully saturated rings. The van der Waals surface area contributed by atoms with Crippen LogP contribution < -0.4 is 0 Å². The zero-order chi connectivity index (χ0) is 14.8. The first kappa shape index (κ1) is 15.0. The minimum Gasteiger partial charge on any atom is -0.335 e. The average Bonchev–Trinajstić information content (AvgIpc) is 3.12. The van der Waals surface area contributed by atoms with E-state index in [1.54, 1.807) is 0 Å². The molecular weight excluding hydrogens is 333 g/mol. The van der Waals surface area contributed by atoms with E-state index in [2.05, 4.69) is 20.8 Å². The molecule has 1 amide bonds. The predicted molar refractivity (Wildman–Crippen MR) is 84.7 cm³/mol. The normalized spacial score (nSPS) is 24.8. The summed E-state index contributed by atoms with van der Waals surface area (Å²) in [6.07, 6.45) is 5.46. The lowest BCUT2D eigenvalue weighted by Crippen LogP contribution is -2.34. The average molecular weight is 354 g/mol. The Balaban J connectivity index is 1.89. The van der Waals surface area contributed by atoms with E-state index in [1.165, 1.54) is 37.8 Å². The zero-order valence-corrected chi connectivity index (χ0v) is 13.7. The first-order valence-electron chi connectivity index (χ1n) is 7.80. The summed E-state index contributed by atoms with van der Waals surface area (Å²) in [5, 5.41) is 0.871. The van der Waals surface area contributed by atoms with Gasteiger partial charge in [0.05, 0.1) is 6.04 Å². The lowest BCUT2D eigenvalue weighted by atomic mass is 9.90. The van der Waals surface area contributed by atoms with Crippen molar-refractivity contribution >= 4 is 21.8 Å². The van der Waals surface area contributed by atoms with Crippen LogP contribution in [0.5, 0.6) is 0 Å². The molecule has 1 aliphatic carbocycles. The van der Waals surface area contributed by atoms with Gasteiger partial charge in [-0.2, -0.15) is 0 Å². The van der Waals surface area contributed by atoms with E-state index in [-0.39, 0.29) is 17.8 Å². The van der Waals surface area contributed by atoms with Gasteiger partial charge in [-0.3, -0.25) is 4.79 Å². The molecule has 21 heavy (non-hydrogen) atoms. The van der Waals surface area contributed by atoms with Crippen LogP contribution in [0.15, 0.2) is 24.3 Å². The van der Waals surface area contributed by atoms with Crippen molar-refractivity contribution in [1.29, 1.82) is 0 Å². The van der Waals surface area contributed by atoms with Gasteiger partial charge in [0.1, 0.15) is 5.82 Å². The molecule has 4 heteroatoms.